The van der Waals surface area contributed by atoms with E-state index < -0.39 is 0 Å². The molecule has 0 bridgehead atoms. The maximum absolute atomic E-state index is 6.12. The monoisotopic (exact) mass is 270 g/mol. The second-order valence-corrected chi connectivity index (χ2v) is 5.80. The number of nitrogens with two attached hydrogens (primary N) is 1. The number of aromatic nitrogens is 2. The minimum absolute atomic E-state index is 0.416. The highest BCUT2D eigenvalue weighted by Gasteiger charge is 2.36. The summed E-state index contributed by atoms with van der Waals surface area (Å²) in [6, 6.07) is 7.90. The molecule has 106 valence electrons. The van der Waals surface area contributed by atoms with Crippen LogP contribution >= 0.6 is 0 Å². The number of nitrogens with zero attached hydrogens (tertiary/aromatic N) is 3. The molecule has 2 N–H and O–H groups in total. The van der Waals surface area contributed by atoms with Gasteiger partial charge in [0.25, 0.3) is 0 Å². The van der Waals surface area contributed by atoms with Crippen molar-refractivity contribution in [3.8, 4) is 0 Å². The van der Waals surface area contributed by atoms with Crippen LogP contribution in [0.5, 0.6) is 0 Å². The van der Waals surface area contributed by atoms with E-state index in [9.17, 15) is 0 Å². The van der Waals surface area contributed by atoms with E-state index in [1.807, 2.05) is 24.3 Å². The maximum atomic E-state index is 6.12. The molecule has 1 aliphatic heterocycles. The van der Waals surface area contributed by atoms with E-state index in [0.717, 1.165) is 29.9 Å². The molecule has 3 rings (SSSR count). The van der Waals surface area contributed by atoms with E-state index in [1.165, 1.54) is 19.3 Å². The van der Waals surface area contributed by atoms with Crippen LogP contribution in [0.4, 0.5) is 11.6 Å². The van der Waals surface area contributed by atoms with Gasteiger partial charge >= 0.3 is 0 Å². The highest BCUT2D eigenvalue weighted by molar-refractivity contribution is 5.79. The molecule has 1 aromatic heterocycles. The van der Waals surface area contributed by atoms with Crippen LogP contribution in [0.25, 0.3) is 11.0 Å². The van der Waals surface area contributed by atoms with Gasteiger partial charge in [0.2, 0.25) is 0 Å². The number of nitrogen functional groups attached to an aromatic ring is 1. The van der Waals surface area contributed by atoms with E-state index in [-0.39, 0.29) is 0 Å². The number of hydrogen-bond donors (Lipinski definition) is 1. The Morgan fingerprint density at radius 1 is 1.15 bits per heavy atom. The lowest BCUT2D eigenvalue weighted by Crippen LogP contribution is -2.27. The number of rotatable bonds is 3. The molecule has 1 aliphatic rings. The molecule has 1 fully saturated rings. The van der Waals surface area contributed by atoms with Crippen LogP contribution in [0.3, 0.4) is 0 Å². The van der Waals surface area contributed by atoms with E-state index in [0.29, 0.717) is 11.2 Å². The van der Waals surface area contributed by atoms with Crippen molar-refractivity contribution < 1.29 is 0 Å². The fourth-order valence-corrected chi connectivity index (χ4v) is 3.18. The number of benzene rings is 1. The van der Waals surface area contributed by atoms with Crippen molar-refractivity contribution in [1.29, 1.82) is 0 Å². The van der Waals surface area contributed by atoms with Crippen LogP contribution < -0.4 is 10.6 Å². The Hall–Kier alpha value is -1.84. The zero-order chi connectivity index (χ0) is 14.2. The molecule has 2 heterocycles. The summed E-state index contributed by atoms with van der Waals surface area (Å²) in [5, 5.41) is 0. The van der Waals surface area contributed by atoms with Crippen LogP contribution in [-0.2, 0) is 0 Å². The summed E-state index contributed by atoms with van der Waals surface area (Å²) in [6.07, 6.45) is 3.63. The van der Waals surface area contributed by atoms with Gasteiger partial charge in [-0.2, -0.15) is 0 Å². The Balaban J connectivity index is 1.97. The number of anilines is 2. The molecule has 0 atom stereocenters. The second kappa shape index (κ2) is 4.93. The summed E-state index contributed by atoms with van der Waals surface area (Å²) in [5.74, 6) is 1.40. The lowest BCUT2D eigenvalue weighted by Gasteiger charge is -2.27. The molecule has 1 saturated heterocycles. The van der Waals surface area contributed by atoms with Crippen LogP contribution in [0, 0.1) is 5.41 Å². The Bertz CT molecular complexity index is 619. The molecular weight excluding hydrogens is 248 g/mol. The molecule has 20 heavy (non-hydrogen) atoms. The first-order chi connectivity index (χ1) is 9.67. The zero-order valence-electron chi connectivity index (χ0n) is 12.3. The molecular formula is C16H22N4. The molecule has 0 radical (unpaired) electrons. The Morgan fingerprint density at radius 3 is 2.40 bits per heavy atom. The average Bonchev–Trinajstić information content (AvgIpc) is 2.91. The largest absolute Gasteiger partial charge is 0.381 e. The van der Waals surface area contributed by atoms with Crippen molar-refractivity contribution in [2.75, 3.05) is 23.7 Å². The quantitative estimate of drug-likeness (QED) is 0.930. The highest BCUT2D eigenvalue weighted by Crippen LogP contribution is 2.39. The minimum atomic E-state index is 0.416. The van der Waals surface area contributed by atoms with Gasteiger partial charge in [0, 0.05) is 13.1 Å². The number of para-hydroxylation sites is 2. The summed E-state index contributed by atoms with van der Waals surface area (Å²) >= 11 is 0. The number of fused-ring (bicyclic) bond motifs is 1. The van der Waals surface area contributed by atoms with Crippen molar-refractivity contribution in [2.45, 2.75) is 33.1 Å². The smallest absolute Gasteiger partial charge is 0.172 e. The SMILES string of the molecule is CCC1(CC)CCN(c2nc3ccccc3nc2N)C1. The predicted octanol–water partition coefficient (Wildman–Crippen LogP) is 3.23. The normalized spacial score (nSPS) is 17.8. The molecule has 0 amide bonds. The third-order valence-electron chi connectivity index (χ3n) is 4.82. The zero-order valence-corrected chi connectivity index (χ0v) is 12.3. The fourth-order valence-electron chi connectivity index (χ4n) is 3.18. The average molecular weight is 270 g/mol. The molecule has 4 heteroatoms. The van der Waals surface area contributed by atoms with Crippen molar-refractivity contribution in [1.82, 2.24) is 9.97 Å². The molecule has 0 unspecified atom stereocenters. The molecule has 0 spiro atoms. The van der Waals surface area contributed by atoms with Gasteiger partial charge in [-0.15, -0.1) is 0 Å². The van der Waals surface area contributed by atoms with Gasteiger partial charge in [0.05, 0.1) is 11.0 Å². The lowest BCUT2D eigenvalue weighted by molar-refractivity contribution is 0.301. The van der Waals surface area contributed by atoms with Crippen molar-refractivity contribution in [3.05, 3.63) is 24.3 Å². The van der Waals surface area contributed by atoms with Gasteiger partial charge in [-0.25, -0.2) is 9.97 Å². The third-order valence-corrected chi connectivity index (χ3v) is 4.82. The van der Waals surface area contributed by atoms with Crippen molar-refractivity contribution in [2.24, 2.45) is 5.41 Å². The third kappa shape index (κ3) is 2.09. The van der Waals surface area contributed by atoms with E-state index in [4.69, 9.17) is 10.7 Å². The second-order valence-electron chi connectivity index (χ2n) is 5.80. The molecule has 2 aromatic rings. The first-order valence-corrected chi connectivity index (χ1v) is 7.44. The van der Waals surface area contributed by atoms with Gasteiger partial charge in [0.1, 0.15) is 0 Å². The summed E-state index contributed by atoms with van der Waals surface area (Å²) in [6.45, 7) is 6.63. The fraction of sp³-hybridized carbons (Fsp3) is 0.500. The first-order valence-electron chi connectivity index (χ1n) is 7.44. The maximum Gasteiger partial charge on any atom is 0.172 e. The van der Waals surface area contributed by atoms with E-state index >= 15 is 0 Å². The van der Waals surface area contributed by atoms with Crippen LogP contribution in [0.1, 0.15) is 33.1 Å². The summed E-state index contributed by atoms with van der Waals surface area (Å²) in [7, 11) is 0. The van der Waals surface area contributed by atoms with Crippen molar-refractivity contribution >= 4 is 22.7 Å². The van der Waals surface area contributed by atoms with Crippen LogP contribution in [0.2, 0.25) is 0 Å². The van der Waals surface area contributed by atoms with Gasteiger partial charge in [-0.1, -0.05) is 26.0 Å². The minimum Gasteiger partial charge on any atom is -0.381 e. The van der Waals surface area contributed by atoms with Crippen LogP contribution in [0.15, 0.2) is 24.3 Å². The van der Waals surface area contributed by atoms with Crippen LogP contribution in [-0.4, -0.2) is 23.1 Å². The van der Waals surface area contributed by atoms with Crippen molar-refractivity contribution in [3.63, 3.8) is 0 Å². The molecule has 0 saturated carbocycles. The topological polar surface area (TPSA) is 55.0 Å². The van der Waals surface area contributed by atoms with Gasteiger partial charge in [-0.3, -0.25) is 0 Å². The predicted molar refractivity (Wildman–Crippen MR) is 83.8 cm³/mol. The van der Waals surface area contributed by atoms with Gasteiger partial charge in [-0.05, 0) is 36.8 Å². The molecule has 0 aliphatic carbocycles. The number of hydrogen-bond acceptors (Lipinski definition) is 4. The Kier molecular flexibility index (Phi) is 3.24. The summed E-state index contributed by atoms with van der Waals surface area (Å²) < 4.78 is 0. The molecule has 1 aromatic carbocycles. The Labute approximate surface area is 120 Å². The highest BCUT2D eigenvalue weighted by atomic mass is 15.2. The lowest BCUT2D eigenvalue weighted by atomic mass is 9.82. The molecule has 4 nitrogen and oxygen atoms in total. The standard InChI is InChI=1S/C16H22N4/c1-3-16(4-2)9-10-20(11-16)15-14(17)18-12-7-5-6-8-13(12)19-15/h5-8H,3-4,9-11H2,1-2H3,(H2,17,18). The Morgan fingerprint density at radius 2 is 1.80 bits per heavy atom. The first kappa shape index (κ1) is 13.2. The van der Waals surface area contributed by atoms with Gasteiger partial charge in [0.15, 0.2) is 11.6 Å². The van der Waals surface area contributed by atoms with E-state index in [1.54, 1.807) is 0 Å². The summed E-state index contributed by atoms with van der Waals surface area (Å²) in [4.78, 5) is 11.5. The van der Waals surface area contributed by atoms with Gasteiger partial charge < -0.3 is 10.6 Å². The summed E-state index contributed by atoms with van der Waals surface area (Å²) in [5.41, 5.74) is 8.32. The van der Waals surface area contributed by atoms with E-state index in [2.05, 4.69) is 23.7 Å².